The minimum atomic E-state index is -1.21. The van der Waals surface area contributed by atoms with E-state index in [1.54, 1.807) is 31.2 Å². The van der Waals surface area contributed by atoms with Crippen LogP contribution in [0.1, 0.15) is 34.8 Å². The average molecular weight is 370 g/mol. The number of nitrogens with zero attached hydrogens (tertiary/aromatic N) is 1. The van der Waals surface area contributed by atoms with Gasteiger partial charge in [-0.3, -0.25) is 9.69 Å². The van der Waals surface area contributed by atoms with Crippen molar-refractivity contribution >= 4 is 17.9 Å². The fourth-order valence-electron chi connectivity index (χ4n) is 3.19. The molecule has 0 unspecified atom stereocenters. The van der Waals surface area contributed by atoms with Crippen LogP contribution < -0.4 is 5.32 Å². The molecule has 27 heavy (non-hydrogen) atoms. The largest absolute Gasteiger partial charge is 0.465 e. The van der Waals surface area contributed by atoms with E-state index < -0.39 is 29.3 Å². The zero-order chi connectivity index (χ0) is 19.6. The second kappa shape index (κ2) is 7.19. The number of nitrogens with one attached hydrogen (secondary N) is 1. The van der Waals surface area contributed by atoms with E-state index in [0.717, 1.165) is 4.90 Å². The molecule has 2 aromatic carbocycles. The number of hydrogen-bond donors (Lipinski definition) is 1. The Morgan fingerprint density at radius 1 is 1.11 bits per heavy atom. The van der Waals surface area contributed by atoms with Crippen molar-refractivity contribution in [3.8, 4) is 0 Å². The average Bonchev–Trinajstić information content (AvgIpc) is 2.93. The van der Waals surface area contributed by atoms with Crippen molar-refractivity contribution in [1.82, 2.24) is 10.2 Å². The quantitative estimate of drug-likeness (QED) is 0.649. The molecule has 1 atom stereocenters. The molecule has 0 saturated carbocycles. The number of carbonyl (C=O) groups excluding carboxylic acids is 3. The SMILES string of the molecule is CC[C@@]1(c2ccc(F)cc2)NC(=O)N(Cc2ccc(C(=O)OC)cc2)C1=O. The van der Waals surface area contributed by atoms with Gasteiger partial charge >= 0.3 is 12.0 Å². The Kier molecular flexibility index (Phi) is 4.94. The number of carbonyl (C=O) groups is 3. The summed E-state index contributed by atoms with van der Waals surface area (Å²) in [6, 6.07) is 11.5. The fourth-order valence-corrected chi connectivity index (χ4v) is 3.19. The van der Waals surface area contributed by atoms with Gasteiger partial charge in [-0.2, -0.15) is 0 Å². The van der Waals surface area contributed by atoms with Crippen molar-refractivity contribution in [3.63, 3.8) is 0 Å². The van der Waals surface area contributed by atoms with E-state index in [4.69, 9.17) is 0 Å². The van der Waals surface area contributed by atoms with Crippen LogP contribution in [0.5, 0.6) is 0 Å². The summed E-state index contributed by atoms with van der Waals surface area (Å²) in [7, 11) is 1.29. The molecule has 0 aliphatic carbocycles. The predicted molar refractivity (Wildman–Crippen MR) is 95.2 cm³/mol. The van der Waals surface area contributed by atoms with Crippen molar-refractivity contribution < 1.29 is 23.5 Å². The summed E-state index contributed by atoms with van der Waals surface area (Å²) >= 11 is 0. The first-order valence-electron chi connectivity index (χ1n) is 8.48. The van der Waals surface area contributed by atoms with Gasteiger partial charge in [-0.05, 0) is 41.8 Å². The van der Waals surface area contributed by atoms with Crippen LogP contribution in [0.2, 0.25) is 0 Å². The Morgan fingerprint density at radius 2 is 1.74 bits per heavy atom. The van der Waals surface area contributed by atoms with E-state index in [9.17, 15) is 18.8 Å². The molecule has 1 N–H and O–H groups in total. The number of ether oxygens (including phenoxy) is 1. The molecule has 0 radical (unpaired) electrons. The zero-order valence-electron chi connectivity index (χ0n) is 15.0. The van der Waals surface area contributed by atoms with Crippen molar-refractivity contribution in [3.05, 3.63) is 71.0 Å². The number of benzene rings is 2. The molecular weight excluding hydrogens is 351 g/mol. The molecule has 1 saturated heterocycles. The number of hydrogen-bond acceptors (Lipinski definition) is 4. The Balaban J connectivity index is 1.85. The third-order valence-electron chi connectivity index (χ3n) is 4.76. The molecule has 3 rings (SSSR count). The summed E-state index contributed by atoms with van der Waals surface area (Å²) in [5.41, 5.74) is 0.398. The van der Waals surface area contributed by atoms with Gasteiger partial charge in [0.25, 0.3) is 5.91 Å². The lowest BCUT2D eigenvalue weighted by Crippen LogP contribution is -2.43. The van der Waals surface area contributed by atoms with Crippen LogP contribution in [0, 0.1) is 5.82 Å². The summed E-state index contributed by atoms with van der Waals surface area (Å²) in [5, 5.41) is 2.75. The van der Waals surface area contributed by atoms with Crippen LogP contribution in [-0.2, 0) is 21.6 Å². The molecular formula is C20H19FN2O4. The molecule has 1 heterocycles. The summed E-state index contributed by atoms with van der Waals surface area (Å²) < 4.78 is 17.9. The van der Waals surface area contributed by atoms with Crippen LogP contribution in [0.25, 0.3) is 0 Å². The molecule has 0 spiro atoms. The van der Waals surface area contributed by atoms with Crippen molar-refractivity contribution in [2.45, 2.75) is 25.4 Å². The van der Waals surface area contributed by atoms with Gasteiger partial charge in [0.2, 0.25) is 0 Å². The van der Waals surface area contributed by atoms with Gasteiger partial charge in [0, 0.05) is 0 Å². The Labute approximate surface area is 155 Å². The standard InChI is InChI=1S/C20H19FN2O4/c1-3-20(15-8-10-16(21)11-9-15)18(25)23(19(26)22-20)12-13-4-6-14(7-5-13)17(24)27-2/h4-11H,3,12H2,1-2H3,(H,22,26)/t20-/m0/s1. The number of rotatable bonds is 5. The highest BCUT2D eigenvalue weighted by molar-refractivity contribution is 6.07. The molecule has 140 valence electrons. The maximum atomic E-state index is 13.2. The van der Waals surface area contributed by atoms with E-state index in [0.29, 0.717) is 23.1 Å². The van der Waals surface area contributed by atoms with Gasteiger partial charge in [-0.25, -0.2) is 14.0 Å². The summed E-state index contributed by atoms with van der Waals surface area (Å²) in [6.07, 6.45) is 0.334. The molecule has 0 bridgehead atoms. The van der Waals surface area contributed by atoms with Gasteiger partial charge < -0.3 is 10.1 Å². The first kappa shape index (κ1) is 18.6. The number of amides is 3. The normalized spacial score (nSPS) is 19.1. The maximum absolute atomic E-state index is 13.2. The molecule has 1 aliphatic heterocycles. The lowest BCUT2D eigenvalue weighted by Gasteiger charge is -2.25. The number of esters is 1. The minimum Gasteiger partial charge on any atom is -0.465 e. The highest BCUT2D eigenvalue weighted by Crippen LogP contribution is 2.33. The Morgan fingerprint density at radius 3 is 2.30 bits per heavy atom. The number of halogens is 1. The van der Waals surface area contributed by atoms with E-state index in [1.807, 2.05) is 0 Å². The summed E-state index contributed by atoms with van der Waals surface area (Å²) in [4.78, 5) is 38.2. The molecule has 7 heteroatoms. The van der Waals surface area contributed by atoms with Gasteiger partial charge in [-0.1, -0.05) is 31.2 Å². The fraction of sp³-hybridized carbons (Fsp3) is 0.250. The highest BCUT2D eigenvalue weighted by atomic mass is 19.1. The van der Waals surface area contributed by atoms with Crippen LogP contribution in [-0.4, -0.2) is 29.9 Å². The van der Waals surface area contributed by atoms with E-state index >= 15 is 0 Å². The second-order valence-electron chi connectivity index (χ2n) is 6.28. The molecule has 0 aromatic heterocycles. The number of urea groups is 1. The summed E-state index contributed by atoms with van der Waals surface area (Å²) in [6.45, 7) is 1.85. The van der Waals surface area contributed by atoms with Crippen molar-refractivity contribution in [2.75, 3.05) is 7.11 Å². The van der Waals surface area contributed by atoms with E-state index in [-0.39, 0.29) is 6.54 Å². The molecule has 1 aliphatic rings. The van der Waals surface area contributed by atoms with Crippen LogP contribution in [0.4, 0.5) is 9.18 Å². The van der Waals surface area contributed by atoms with Crippen LogP contribution in [0.15, 0.2) is 48.5 Å². The lowest BCUT2D eigenvalue weighted by molar-refractivity contribution is -0.132. The van der Waals surface area contributed by atoms with Gasteiger partial charge in [-0.15, -0.1) is 0 Å². The predicted octanol–water partition coefficient (Wildman–Crippen LogP) is 2.97. The topological polar surface area (TPSA) is 75.7 Å². The first-order chi connectivity index (χ1) is 12.9. The second-order valence-corrected chi connectivity index (χ2v) is 6.28. The third kappa shape index (κ3) is 3.28. The Bertz CT molecular complexity index is 880. The van der Waals surface area contributed by atoms with E-state index in [2.05, 4.69) is 10.1 Å². The van der Waals surface area contributed by atoms with E-state index in [1.165, 1.54) is 31.4 Å². The molecule has 3 amide bonds. The zero-order valence-corrected chi connectivity index (χ0v) is 15.0. The molecule has 2 aromatic rings. The Hall–Kier alpha value is -3.22. The van der Waals surface area contributed by atoms with Crippen molar-refractivity contribution in [1.29, 1.82) is 0 Å². The smallest absolute Gasteiger partial charge is 0.337 e. The maximum Gasteiger partial charge on any atom is 0.337 e. The van der Waals surface area contributed by atoms with Gasteiger partial charge in [0.05, 0.1) is 19.2 Å². The monoisotopic (exact) mass is 370 g/mol. The minimum absolute atomic E-state index is 0.0645. The lowest BCUT2D eigenvalue weighted by atomic mass is 9.87. The highest BCUT2D eigenvalue weighted by Gasteiger charge is 2.51. The first-order valence-corrected chi connectivity index (χ1v) is 8.48. The van der Waals surface area contributed by atoms with Crippen LogP contribution in [0.3, 0.4) is 0 Å². The third-order valence-corrected chi connectivity index (χ3v) is 4.76. The molecule has 1 fully saturated rings. The van der Waals surface area contributed by atoms with Crippen molar-refractivity contribution in [2.24, 2.45) is 0 Å². The van der Waals surface area contributed by atoms with Gasteiger partial charge in [0.15, 0.2) is 0 Å². The summed E-state index contributed by atoms with van der Waals surface area (Å²) in [5.74, 6) is -1.26. The van der Waals surface area contributed by atoms with Gasteiger partial charge in [0.1, 0.15) is 11.4 Å². The molecule has 6 nitrogen and oxygen atoms in total. The van der Waals surface area contributed by atoms with Crippen LogP contribution >= 0.6 is 0 Å². The number of imide groups is 1. The number of methoxy groups -OCH3 is 1.